The number of aryl methyl sites for hydroxylation is 1. The lowest BCUT2D eigenvalue weighted by atomic mass is 10.2. The SMILES string of the molecule is Cc1cc(N2CCN(C(=O)CN3CCOCC3)CC2)nc(C(C)C)n1. The summed E-state index contributed by atoms with van der Waals surface area (Å²) in [5.41, 5.74) is 1.000. The first-order chi connectivity index (χ1) is 12.0. The van der Waals surface area contributed by atoms with Gasteiger partial charge < -0.3 is 14.5 Å². The third-order valence-corrected chi connectivity index (χ3v) is 4.79. The molecule has 0 N–H and O–H groups in total. The minimum Gasteiger partial charge on any atom is -0.379 e. The summed E-state index contributed by atoms with van der Waals surface area (Å²) in [6.45, 7) is 13.1. The zero-order valence-corrected chi connectivity index (χ0v) is 15.6. The van der Waals surface area contributed by atoms with Gasteiger partial charge in [0.15, 0.2) is 0 Å². The number of ether oxygens (including phenoxy) is 1. The second-order valence-electron chi connectivity index (χ2n) is 7.14. The molecule has 0 spiro atoms. The van der Waals surface area contributed by atoms with Crippen LogP contribution < -0.4 is 4.90 Å². The lowest BCUT2D eigenvalue weighted by Crippen LogP contribution is -2.52. The van der Waals surface area contributed by atoms with Crippen molar-refractivity contribution in [3.8, 4) is 0 Å². The molecule has 2 fully saturated rings. The quantitative estimate of drug-likeness (QED) is 0.806. The molecule has 0 radical (unpaired) electrons. The Morgan fingerprint density at radius 1 is 1.12 bits per heavy atom. The highest BCUT2D eigenvalue weighted by atomic mass is 16.5. The van der Waals surface area contributed by atoms with Crippen LogP contribution in [0.3, 0.4) is 0 Å². The van der Waals surface area contributed by atoms with E-state index < -0.39 is 0 Å². The Labute approximate surface area is 150 Å². The van der Waals surface area contributed by atoms with Crippen LogP contribution in [0.1, 0.15) is 31.3 Å². The Morgan fingerprint density at radius 2 is 1.80 bits per heavy atom. The minimum atomic E-state index is 0.225. The van der Waals surface area contributed by atoms with Gasteiger partial charge in [-0.05, 0) is 6.92 Å². The first-order valence-corrected chi connectivity index (χ1v) is 9.21. The number of amides is 1. The topological polar surface area (TPSA) is 61.8 Å². The van der Waals surface area contributed by atoms with Gasteiger partial charge in [-0.25, -0.2) is 9.97 Å². The standard InChI is InChI=1S/C18H29N5O2/c1-14(2)18-19-15(3)12-16(20-18)22-4-6-23(7-5-22)17(24)13-21-8-10-25-11-9-21/h12,14H,4-11,13H2,1-3H3. The average Bonchev–Trinajstić information content (AvgIpc) is 2.62. The second kappa shape index (κ2) is 8.10. The highest BCUT2D eigenvalue weighted by molar-refractivity contribution is 5.78. The molecule has 3 rings (SSSR count). The van der Waals surface area contributed by atoms with E-state index in [0.29, 0.717) is 12.5 Å². The predicted molar refractivity (Wildman–Crippen MR) is 96.9 cm³/mol. The zero-order chi connectivity index (χ0) is 17.8. The van der Waals surface area contributed by atoms with Crippen molar-refractivity contribution in [2.45, 2.75) is 26.7 Å². The fourth-order valence-corrected chi connectivity index (χ4v) is 3.23. The lowest BCUT2D eigenvalue weighted by Gasteiger charge is -2.37. The Balaban J connectivity index is 1.55. The number of hydrogen-bond donors (Lipinski definition) is 0. The summed E-state index contributed by atoms with van der Waals surface area (Å²) in [7, 11) is 0. The third kappa shape index (κ3) is 4.67. The molecule has 2 saturated heterocycles. The van der Waals surface area contributed by atoms with Gasteiger partial charge in [-0.15, -0.1) is 0 Å². The normalized spacial score (nSPS) is 19.5. The Morgan fingerprint density at radius 3 is 2.44 bits per heavy atom. The number of rotatable bonds is 4. The van der Waals surface area contributed by atoms with Crippen LogP contribution in [0.2, 0.25) is 0 Å². The van der Waals surface area contributed by atoms with Crippen molar-refractivity contribution in [3.05, 3.63) is 17.6 Å². The van der Waals surface area contributed by atoms with Gasteiger partial charge in [0, 0.05) is 56.9 Å². The van der Waals surface area contributed by atoms with E-state index in [9.17, 15) is 4.79 Å². The van der Waals surface area contributed by atoms with Crippen LogP contribution >= 0.6 is 0 Å². The summed E-state index contributed by atoms with van der Waals surface area (Å²) in [4.78, 5) is 28.2. The Hall–Kier alpha value is -1.73. The van der Waals surface area contributed by atoms with Crippen LogP contribution in [-0.2, 0) is 9.53 Å². The minimum absolute atomic E-state index is 0.225. The van der Waals surface area contributed by atoms with Gasteiger partial charge in [0.05, 0.1) is 19.8 Å². The van der Waals surface area contributed by atoms with Crippen LogP contribution in [0.25, 0.3) is 0 Å². The molecule has 0 bridgehead atoms. The van der Waals surface area contributed by atoms with E-state index in [1.54, 1.807) is 0 Å². The zero-order valence-electron chi connectivity index (χ0n) is 15.6. The number of hydrogen-bond acceptors (Lipinski definition) is 6. The smallest absolute Gasteiger partial charge is 0.236 e. The number of morpholine rings is 1. The molecule has 138 valence electrons. The van der Waals surface area contributed by atoms with Gasteiger partial charge in [0.25, 0.3) is 0 Å². The van der Waals surface area contributed by atoms with Gasteiger partial charge in [-0.1, -0.05) is 13.8 Å². The van der Waals surface area contributed by atoms with Crippen molar-refractivity contribution in [1.82, 2.24) is 19.8 Å². The van der Waals surface area contributed by atoms with Crippen molar-refractivity contribution in [3.63, 3.8) is 0 Å². The monoisotopic (exact) mass is 347 g/mol. The van der Waals surface area contributed by atoms with E-state index in [2.05, 4.69) is 28.6 Å². The molecule has 2 aliphatic heterocycles. The van der Waals surface area contributed by atoms with Crippen LogP contribution in [0.5, 0.6) is 0 Å². The summed E-state index contributed by atoms with van der Waals surface area (Å²) < 4.78 is 5.34. The Bertz CT molecular complexity index is 593. The van der Waals surface area contributed by atoms with Crippen molar-refractivity contribution >= 4 is 11.7 Å². The molecule has 1 amide bonds. The third-order valence-electron chi connectivity index (χ3n) is 4.79. The van der Waals surface area contributed by atoms with Crippen molar-refractivity contribution in [2.75, 3.05) is 63.9 Å². The van der Waals surface area contributed by atoms with Crippen molar-refractivity contribution in [2.24, 2.45) is 0 Å². The lowest BCUT2D eigenvalue weighted by molar-refractivity contribution is -0.133. The molecule has 0 atom stereocenters. The molecule has 25 heavy (non-hydrogen) atoms. The van der Waals surface area contributed by atoms with E-state index in [4.69, 9.17) is 9.72 Å². The molecule has 0 saturated carbocycles. The number of piperazine rings is 1. The summed E-state index contributed by atoms with van der Waals surface area (Å²) in [6.07, 6.45) is 0. The summed E-state index contributed by atoms with van der Waals surface area (Å²) in [6, 6.07) is 2.04. The van der Waals surface area contributed by atoms with Crippen LogP contribution in [0.15, 0.2) is 6.07 Å². The van der Waals surface area contributed by atoms with E-state index in [1.807, 2.05) is 17.9 Å². The van der Waals surface area contributed by atoms with E-state index in [0.717, 1.165) is 69.8 Å². The van der Waals surface area contributed by atoms with Gasteiger partial charge in [0.2, 0.25) is 5.91 Å². The largest absolute Gasteiger partial charge is 0.379 e. The number of carbonyl (C=O) groups is 1. The average molecular weight is 347 g/mol. The van der Waals surface area contributed by atoms with Gasteiger partial charge in [-0.3, -0.25) is 9.69 Å². The van der Waals surface area contributed by atoms with Gasteiger partial charge >= 0.3 is 0 Å². The van der Waals surface area contributed by atoms with Crippen LogP contribution in [-0.4, -0.2) is 84.7 Å². The molecule has 7 nitrogen and oxygen atoms in total. The van der Waals surface area contributed by atoms with E-state index in [-0.39, 0.29) is 5.91 Å². The molecule has 7 heteroatoms. The summed E-state index contributed by atoms with van der Waals surface area (Å²) >= 11 is 0. The van der Waals surface area contributed by atoms with Gasteiger partial charge in [-0.2, -0.15) is 0 Å². The Kier molecular flexibility index (Phi) is 5.86. The summed E-state index contributed by atoms with van der Waals surface area (Å²) in [5, 5.41) is 0. The van der Waals surface area contributed by atoms with Crippen LogP contribution in [0, 0.1) is 6.92 Å². The first kappa shape index (κ1) is 18.1. The maximum atomic E-state index is 12.5. The molecular formula is C18H29N5O2. The predicted octanol–water partition coefficient (Wildman–Crippen LogP) is 0.889. The maximum Gasteiger partial charge on any atom is 0.236 e. The molecule has 0 aromatic carbocycles. The highest BCUT2D eigenvalue weighted by Crippen LogP contribution is 2.18. The molecule has 0 aliphatic carbocycles. The highest BCUT2D eigenvalue weighted by Gasteiger charge is 2.24. The maximum absolute atomic E-state index is 12.5. The van der Waals surface area contributed by atoms with Gasteiger partial charge in [0.1, 0.15) is 11.6 Å². The number of anilines is 1. The molecular weight excluding hydrogens is 318 g/mol. The van der Waals surface area contributed by atoms with E-state index in [1.165, 1.54) is 0 Å². The molecule has 2 aliphatic rings. The fraction of sp³-hybridized carbons (Fsp3) is 0.722. The summed E-state index contributed by atoms with van der Waals surface area (Å²) in [5.74, 6) is 2.41. The molecule has 3 heterocycles. The van der Waals surface area contributed by atoms with E-state index >= 15 is 0 Å². The molecule has 1 aromatic rings. The molecule has 0 unspecified atom stereocenters. The van der Waals surface area contributed by atoms with Crippen LogP contribution in [0.4, 0.5) is 5.82 Å². The number of aromatic nitrogens is 2. The molecule has 1 aromatic heterocycles. The first-order valence-electron chi connectivity index (χ1n) is 9.21. The second-order valence-corrected chi connectivity index (χ2v) is 7.14. The fourth-order valence-electron chi connectivity index (χ4n) is 3.23. The number of carbonyl (C=O) groups excluding carboxylic acids is 1. The van der Waals surface area contributed by atoms with Crippen molar-refractivity contribution < 1.29 is 9.53 Å². The van der Waals surface area contributed by atoms with Crippen molar-refractivity contribution in [1.29, 1.82) is 0 Å². The number of nitrogens with zero attached hydrogens (tertiary/aromatic N) is 5.